The largest absolute Gasteiger partial charge is 0.375 e. The maximum atomic E-state index is 13.4. The summed E-state index contributed by atoms with van der Waals surface area (Å²) in [6.45, 7) is 1.31. The lowest BCUT2D eigenvalue weighted by Crippen LogP contribution is -2.42. The van der Waals surface area contributed by atoms with Gasteiger partial charge in [0.25, 0.3) is 5.91 Å². The molecule has 1 amide bonds. The van der Waals surface area contributed by atoms with Gasteiger partial charge in [-0.15, -0.1) is 0 Å². The molecule has 1 aliphatic rings. The molecule has 5 rings (SSSR count). The normalized spacial score (nSPS) is 17.4. The van der Waals surface area contributed by atoms with E-state index in [1.54, 1.807) is 41.3 Å². The summed E-state index contributed by atoms with van der Waals surface area (Å²) in [5.74, 6) is -0.821. The number of aliphatic hydroxyl groups is 1. The van der Waals surface area contributed by atoms with Crippen molar-refractivity contribution in [2.75, 3.05) is 11.4 Å². The number of ketones is 1. The van der Waals surface area contributed by atoms with E-state index in [0.29, 0.717) is 28.4 Å². The highest BCUT2D eigenvalue weighted by molar-refractivity contribution is 6.34. The zero-order valence-electron chi connectivity index (χ0n) is 18.7. The van der Waals surface area contributed by atoms with Gasteiger partial charge in [0.15, 0.2) is 11.4 Å². The molecule has 0 spiro atoms. The average molecular weight is 473 g/mol. The smallest absolute Gasteiger partial charge is 0.264 e. The van der Waals surface area contributed by atoms with E-state index in [0.717, 1.165) is 19.4 Å². The van der Waals surface area contributed by atoms with Gasteiger partial charge in [-0.05, 0) is 48.6 Å². The Hall–Kier alpha value is -3.41. The molecule has 3 aromatic carbocycles. The minimum Gasteiger partial charge on any atom is -0.375 e. The minimum atomic E-state index is -1.90. The molecule has 0 bridgehead atoms. The SMILES string of the molecule is O=C(CC1(O)C(=O)N(CCCCn2ccc3ccccc32)c2ccccc21)c1ccccc1Cl. The standard InChI is InChI=1S/C28H25ClN2O3/c29-23-12-4-2-10-21(23)26(32)19-28(34)22-11-3-6-14-25(22)31(27(28)33)17-8-7-16-30-18-15-20-9-1-5-13-24(20)30/h1-6,9-15,18,34H,7-8,16-17,19H2. The van der Waals surface area contributed by atoms with Crippen molar-refractivity contribution in [2.24, 2.45) is 0 Å². The zero-order chi connectivity index (χ0) is 23.7. The van der Waals surface area contributed by atoms with Crippen molar-refractivity contribution in [3.8, 4) is 0 Å². The Morgan fingerprint density at radius 3 is 2.44 bits per heavy atom. The predicted molar refractivity (Wildman–Crippen MR) is 134 cm³/mol. The molecule has 6 heteroatoms. The minimum absolute atomic E-state index is 0.306. The number of amides is 1. The van der Waals surface area contributed by atoms with Crippen molar-refractivity contribution >= 4 is 39.9 Å². The van der Waals surface area contributed by atoms with Crippen molar-refractivity contribution in [1.29, 1.82) is 0 Å². The Kier molecular flexibility index (Phi) is 5.98. The van der Waals surface area contributed by atoms with Crippen LogP contribution in [-0.2, 0) is 16.9 Å². The first-order chi connectivity index (χ1) is 16.5. The molecule has 5 nitrogen and oxygen atoms in total. The van der Waals surface area contributed by atoms with Crippen molar-refractivity contribution in [3.63, 3.8) is 0 Å². The lowest BCUT2D eigenvalue weighted by Gasteiger charge is -2.23. The molecule has 1 atom stereocenters. The third-order valence-electron chi connectivity index (χ3n) is 6.54. The summed E-state index contributed by atoms with van der Waals surface area (Å²) in [4.78, 5) is 28.0. The number of hydrogen-bond donors (Lipinski definition) is 1. The highest BCUT2D eigenvalue weighted by Gasteiger charge is 2.50. The first-order valence-electron chi connectivity index (χ1n) is 11.4. The van der Waals surface area contributed by atoms with Crippen LogP contribution in [0.1, 0.15) is 35.2 Å². The summed E-state index contributed by atoms with van der Waals surface area (Å²) in [6, 6.07) is 24.2. The number of aromatic nitrogens is 1. The monoisotopic (exact) mass is 472 g/mol. The van der Waals surface area contributed by atoms with Crippen LogP contribution in [0.15, 0.2) is 85.1 Å². The third kappa shape index (κ3) is 3.91. The molecule has 0 saturated heterocycles. The van der Waals surface area contributed by atoms with Crippen molar-refractivity contribution in [3.05, 3.63) is 101 Å². The van der Waals surface area contributed by atoms with Gasteiger partial charge in [0.1, 0.15) is 0 Å². The molecule has 0 saturated carbocycles. The molecule has 0 aliphatic carbocycles. The van der Waals surface area contributed by atoms with Crippen LogP contribution in [0.25, 0.3) is 10.9 Å². The number of Topliss-reactive ketones (excluding diaryl/α,β-unsaturated/α-hetero) is 1. The number of anilines is 1. The topological polar surface area (TPSA) is 62.5 Å². The van der Waals surface area contributed by atoms with Crippen LogP contribution in [0.2, 0.25) is 5.02 Å². The number of rotatable bonds is 8. The number of carbonyl (C=O) groups is 2. The van der Waals surface area contributed by atoms with Crippen LogP contribution < -0.4 is 4.90 Å². The van der Waals surface area contributed by atoms with Gasteiger partial charge in [-0.3, -0.25) is 9.59 Å². The van der Waals surface area contributed by atoms with Gasteiger partial charge in [-0.1, -0.05) is 60.1 Å². The summed E-state index contributed by atoms with van der Waals surface area (Å²) in [6.07, 6.45) is 3.38. The fraction of sp³-hybridized carbons (Fsp3) is 0.214. The fourth-order valence-corrected chi connectivity index (χ4v) is 5.04. The van der Waals surface area contributed by atoms with Crippen molar-refractivity contribution in [2.45, 2.75) is 31.4 Å². The van der Waals surface area contributed by atoms with E-state index >= 15 is 0 Å². The van der Waals surface area contributed by atoms with Crippen LogP contribution in [0, 0.1) is 0 Å². The number of nitrogens with zero attached hydrogens (tertiary/aromatic N) is 2. The van der Waals surface area contributed by atoms with Gasteiger partial charge in [-0.25, -0.2) is 0 Å². The highest BCUT2D eigenvalue weighted by Crippen LogP contribution is 2.43. The zero-order valence-corrected chi connectivity index (χ0v) is 19.4. The average Bonchev–Trinajstić information content (AvgIpc) is 3.35. The van der Waals surface area contributed by atoms with Crippen LogP contribution in [0.5, 0.6) is 0 Å². The lowest BCUT2D eigenvalue weighted by atomic mass is 9.88. The van der Waals surface area contributed by atoms with Gasteiger partial charge in [0.05, 0.1) is 17.1 Å². The van der Waals surface area contributed by atoms with E-state index in [2.05, 4.69) is 29.0 Å². The molecule has 1 aliphatic heterocycles. The number of hydrogen-bond acceptors (Lipinski definition) is 3. The van der Waals surface area contributed by atoms with Crippen LogP contribution in [0.3, 0.4) is 0 Å². The fourth-order valence-electron chi connectivity index (χ4n) is 4.80. The summed E-state index contributed by atoms with van der Waals surface area (Å²) in [7, 11) is 0. The number of halogens is 1. The molecule has 2 heterocycles. The number of fused-ring (bicyclic) bond motifs is 2. The predicted octanol–water partition coefficient (Wildman–Crippen LogP) is 5.58. The summed E-state index contributed by atoms with van der Waals surface area (Å²) >= 11 is 6.18. The molecule has 34 heavy (non-hydrogen) atoms. The summed E-state index contributed by atoms with van der Waals surface area (Å²) in [5.41, 5.74) is 0.728. The quantitative estimate of drug-likeness (QED) is 0.269. The molecule has 172 valence electrons. The van der Waals surface area contributed by atoms with E-state index in [-0.39, 0.29) is 12.2 Å². The van der Waals surface area contributed by atoms with Gasteiger partial charge in [0.2, 0.25) is 0 Å². The van der Waals surface area contributed by atoms with E-state index in [9.17, 15) is 14.7 Å². The number of carbonyl (C=O) groups excluding carboxylic acids is 2. The Bertz CT molecular complexity index is 1380. The lowest BCUT2D eigenvalue weighted by molar-refractivity contribution is -0.135. The van der Waals surface area contributed by atoms with E-state index in [1.165, 1.54) is 10.9 Å². The molecular weight excluding hydrogens is 448 g/mol. The number of para-hydroxylation sites is 2. The van der Waals surface area contributed by atoms with E-state index in [1.807, 2.05) is 24.3 Å². The second-order valence-corrected chi connectivity index (χ2v) is 9.10. The van der Waals surface area contributed by atoms with Gasteiger partial charge >= 0.3 is 0 Å². The second kappa shape index (κ2) is 9.09. The number of benzene rings is 3. The highest BCUT2D eigenvalue weighted by atomic mass is 35.5. The van der Waals surface area contributed by atoms with Crippen LogP contribution in [0.4, 0.5) is 5.69 Å². The Morgan fingerprint density at radius 1 is 0.882 bits per heavy atom. The maximum absolute atomic E-state index is 13.4. The second-order valence-electron chi connectivity index (χ2n) is 8.69. The third-order valence-corrected chi connectivity index (χ3v) is 6.87. The molecular formula is C28H25ClN2O3. The van der Waals surface area contributed by atoms with Gasteiger partial charge < -0.3 is 14.6 Å². The number of aryl methyl sites for hydroxylation is 1. The number of unbranched alkanes of at least 4 members (excludes halogenated alkanes) is 1. The molecule has 1 N–H and O–H groups in total. The molecule has 4 aromatic rings. The first-order valence-corrected chi connectivity index (χ1v) is 11.8. The molecule has 1 unspecified atom stereocenters. The maximum Gasteiger partial charge on any atom is 0.264 e. The molecule has 0 radical (unpaired) electrons. The molecule has 1 aromatic heterocycles. The van der Waals surface area contributed by atoms with Crippen LogP contribution >= 0.6 is 11.6 Å². The van der Waals surface area contributed by atoms with Crippen molar-refractivity contribution < 1.29 is 14.7 Å². The van der Waals surface area contributed by atoms with Gasteiger partial charge in [0, 0.05) is 35.9 Å². The van der Waals surface area contributed by atoms with Crippen LogP contribution in [-0.4, -0.2) is 27.9 Å². The molecule has 0 fully saturated rings. The first kappa shape index (κ1) is 22.4. The summed E-state index contributed by atoms with van der Waals surface area (Å²) in [5, 5.41) is 13.0. The van der Waals surface area contributed by atoms with Crippen molar-refractivity contribution in [1.82, 2.24) is 4.57 Å². The Morgan fingerprint density at radius 2 is 1.59 bits per heavy atom. The Labute approximate surface area is 203 Å². The van der Waals surface area contributed by atoms with Gasteiger partial charge in [-0.2, -0.15) is 0 Å². The Balaban J connectivity index is 1.30. The van der Waals surface area contributed by atoms with E-state index < -0.39 is 11.5 Å². The van der Waals surface area contributed by atoms with E-state index in [4.69, 9.17) is 11.6 Å². The summed E-state index contributed by atoms with van der Waals surface area (Å²) < 4.78 is 2.22.